The van der Waals surface area contributed by atoms with Crippen LogP contribution in [0, 0.1) is 11.6 Å². The third-order valence-corrected chi connectivity index (χ3v) is 9.47. The average Bonchev–Trinajstić information content (AvgIpc) is 3.57. The quantitative estimate of drug-likeness (QED) is 0.397. The number of anilines is 1. The molecule has 0 fully saturated rings. The predicted molar refractivity (Wildman–Crippen MR) is 168 cm³/mol. The Bertz CT molecular complexity index is 1680. The maximum atomic E-state index is 15.0. The molecule has 11 heteroatoms. The van der Waals surface area contributed by atoms with E-state index in [1.54, 1.807) is 17.2 Å². The van der Waals surface area contributed by atoms with Crippen LogP contribution in [0.3, 0.4) is 0 Å². The standard InChI is InChI=1S/C35H37F2N5O4/c1-22-26(27-8-5-9-29(36)31(27)37)10-11-38-33(44)25-16-24-17-35(18-30(24)39-20-25)28-15-23(19-40-32(28)41-34(35)45)7-6-14-46-13-4-2-3-12-42(22)21-43/h5-9,15-16,19-22,26H,2-4,10-14,17-18H2,1H3,(H,38,44)(H,40,41,45)/b7-6+/t22?,26?,35-/m0/s1. The molecule has 2 N–H and O–H groups in total. The first-order valence-corrected chi connectivity index (χ1v) is 15.8. The highest BCUT2D eigenvalue weighted by molar-refractivity contribution is 6.06. The summed E-state index contributed by atoms with van der Waals surface area (Å²) in [4.78, 5) is 49.5. The smallest absolute Gasteiger partial charge is 0.252 e. The van der Waals surface area contributed by atoms with Crippen LogP contribution >= 0.6 is 0 Å². The summed E-state index contributed by atoms with van der Waals surface area (Å²) >= 11 is 0. The van der Waals surface area contributed by atoms with Crippen molar-refractivity contribution in [3.05, 3.63) is 93.9 Å². The molecule has 3 aliphatic rings. The van der Waals surface area contributed by atoms with Crippen molar-refractivity contribution in [2.45, 2.75) is 62.8 Å². The number of benzene rings is 1. The molecule has 2 aliphatic heterocycles. The Morgan fingerprint density at radius 3 is 2.80 bits per heavy atom. The lowest BCUT2D eigenvalue weighted by molar-refractivity contribution is -0.121. The number of nitrogens with zero attached hydrogens (tertiary/aromatic N) is 3. The third kappa shape index (κ3) is 6.16. The average molecular weight is 630 g/mol. The van der Waals surface area contributed by atoms with Crippen LogP contribution in [0.2, 0.25) is 0 Å². The topological polar surface area (TPSA) is 114 Å². The van der Waals surface area contributed by atoms with Crippen LogP contribution in [0.1, 0.15) is 76.8 Å². The first-order chi connectivity index (χ1) is 22.3. The number of hydrogen-bond donors (Lipinski definition) is 2. The number of ether oxygens (including phenoxy) is 1. The van der Waals surface area contributed by atoms with E-state index in [2.05, 4.69) is 20.6 Å². The van der Waals surface area contributed by atoms with E-state index in [9.17, 15) is 18.8 Å². The summed E-state index contributed by atoms with van der Waals surface area (Å²) < 4.78 is 35.1. The minimum atomic E-state index is -0.960. The molecule has 2 aromatic heterocycles. The largest absolute Gasteiger partial charge is 0.377 e. The number of halogens is 2. The van der Waals surface area contributed by atoms with Crippen LogP contribution < -0.4 is 10.6 Å². The van der Waals surface area contributed by atoms with Crippen LogP contribution in [0.15, 0.2) is 48.8 Å². The molecule has 1 aromatic carbocycles. The fourth-order valence-corrected chi connectivity index (χ4v) is 6.89. The molecule has 0 saturated carbocycles. The molecule has 1 aliphatic carbocycles. The number of carbonyl (C=O) groups is 3. The van der Waals surface area contributed by atoms with E-state index >= 15 is 4.39 Å². The van der Waals surface area contributed by atoms with E-state index in [1.807, 2.05) is 25.1 Å². The van der Waals surface area contributed by atoms with Crippen LogP contribution in [0.4, 0.5) is 14.6 Å². The van der Waals surface area contributed by atoms with E-state index in [1.165, 1.54) is 18.3 Å². The first kappa shape index (κ1) is 31.5. The fourth-order valence-electron chi connectivity index (χ4n) is 6.89. The fraction of sp³-hybridized carbons (Fsp3) is 0.400. The second kappa shape index (κ2) is 13.5. The molecule has 3 atom stereocenters. The van der Waals surface area contributed by atoms with Gasteiger partial charge in [-0.25, -0.2) is 13.8 Å². The molecular weight excluding hydrogens is 592 g/mol. The number of rotatable bonds is 2. The number of aromatic nitrogens is 2. The molecule has 46 heavy (non-hydrogen) atoms. The van der Waals surface area contributed by atoms with Gasteiger partial charge in [-0.2, -0.15) is 0 Å². The summed E-state index contributed by atoms with van der Waals surface area (Å²) in [6.07, 6.45) is 11.2. The molecule has 0 radical (unpaired) electrons. The van der Waals surface area contributed by atoms with Gasteiger partial charge >= 0.3 is 0 Å². The predicted octanol–water partition coefficient (Wildman–Crippen LogP) is 4.71. The molecule has 9 nitrogen and oxygen atoms in total. The first-order valence-electron chi connectivity index (χ1n) is 15.8. The molecule has 0 saturated heterocycles. The van der Waals surface area contributed by atoms with Gasteiger partial charge in [0.2, 0.25) is 12.3 Å². The summed E-state index contributed by atoms with van der Waals surface area (Å²) in [5.41, 5.74) is 2.88. The van der Waals surface area contributed by atoms with Crippen LogP contribution in [-0.4, -0.2) is 65.4 Å². The number of pyridine rings is 2. The van der Waals surface area contributed by atoms with Crippen molar-refractivity contribution in [1.82, 2.24) is 20.2 Å². The monoisotopic (exact) mass is 629 g/mol. The Labute approximate surface area is 266 Å². The summed E-state index contributed by atoms with van der Waals surface area (Å²) in [5.74, 6) is -2.45. The number of nitrogens with one attached hydrogen (secondary N) is 2. The summed E-state index contributed by atoms with van der Waals surface area (Å²) in [6.45, 7) is 3.40. The number of fused-ring (bicyclic) bond motifs is 2. The molecule has 240 valence electrons. The molecule has 5 bridgehead atoms. The SMILES string of the molecule is CC1C(c2cccc(F)c2F)CCNC(=O)c2cnc3c(c2)C[C@@]2(C3)C(=O)Nc3ncc(cc32)/C=C/COCCCCCN1C=O. The molecule has 3 amide bonds. The number of carbonyl (C=O) groups excluding carboxylic acids is 3. The zero-order valence-corrected chi connectivity index (χ0v) is 25.7. The summed E-state index contributed by atoms with van der Waals surface area (Å²) in [5, 5.41) is 5.82. The van der Waals surface area contributed by atoms with Gasteiger partial charge in [0.1, 0.15) is 5.82 Å². The third-order valence-electron chi connectivity index (χ3n) is 9.47. The highest BCUT2D eigenvalue weighted by Crippen LogP contribution is 2.46. The minimum absolute atomic E-state index is 0.140. The van der Waals surface area contributed by atoms with Crippen molar-refractivity contribution >= 4 is 30.1 Å². The van der Waals surface area contributed by atoms with E-state index in [-0.39, 0.29) is 30.3 Å². The summed E-state index contributed by atoms with van der Waals surface area (Å²) in [7, 11) is 0. The van der Waals surface area contributed by atoms with Crippen molar-refractivity contribution < 1.29 is 27.9 Å². The Morgan fingerprint density at radius 1 is 1.09 bits per heavy atom. The van der Waals surface area contributed by atoms with E-state index in [0.717, 1.165) is 54.1 Å². The summed E-state index contributed by atoms with van der Waals surface area (Å²) in [6, 6.07) is 7.34. The van der Waals surface area contributed by atoms with Crippen molar-refractivity contribution in [3.8, 4) is 0 Å². The molecule has 3 aromatic rings. The highest BCUT2D eigenvalue weighted by Gasteiger charge is 2.52. The van der Waals surface area contributed by atoms with Crippen molar-refractivity contribution in [1.29, 1.82) is 0 Å². The van der Waals surface area contributed by atoms with E-state index in [0.29, 0.717) is 44.0 Å². The second-order valence-corrected chi connectivity index (χ2v) is 12.3. The maximum Gasteiger partial charge on any atom is 0.252 e. The number of hydrogen-bond acceptors (Lipinski definition) is 6. The molecule has 1 spiro atoms. The lowest BCUT2D eigenvalue weighted by atomic mass is 9.79. The van der Waals surface area contributed by atoms with Gasteiger partial charge in [-0.1, -0.05) is 24.3 Å². The molecule has 4 heterocycles. The van der Waals surface area contributed by atoms with Gasteiger partial charge in [-0.05, 0) is 73.9 Å². The van der Waals surface area contributed by atoms with E-state index < -0.39 is 29.0 Å². The zero-order chi connectivity index (χ0) is 32.3. The lowest BCUT2D eigenvalue weighted by Gasteiger charge is -2.33. The molecule has 2 unspecified atom stereocenters. The normalized spacial score (nSPS) is 24.6. The van der Waals surface area contributed by atoms with Crippen LogP contribution in [0.25, 0.3) is 6.08 Å². The lowest BCUT2D eigenvalue weighted by Crippen LogP contribution is -2.39. The van der Waals surface area contributed by atoms with Gasteiger partial charge in [-0.3, -0.25) is 19.4 Å². The zero-order valence-electron chi connectivity index (χ0n) is 25.7. The highest BCUT2D eigenvalue weighted by atomic mass is 19.2. The van der Waals surface area contributed by atoms with Gasteiger partial charge in [0.05, 0.1) is 17.6 Å². The van der Waals surface area contributed by atoms with Gasteiger partial charge in [-0.15, -0.1) is 0 Å². The second-order valence-electron chi connectivity index (χ2n) is 12.3. The van der Waals surface area contributed by atoms with Crippen LogP contribution in [0.5, 0.6) is 0 Å². The van der Waals surface area contributed by atoms with Gasteiger partial charge in [0, 0.05) is 61.7 Å². The Hall–Kier alpha value is -4.51. The molecular formula is C35H37F2N5O4. The van der Waals surface area contributed by atoms with Crippen molar-refractivity contribution in [3.63, 3.8) is 0 Å². The maximum absolute atomic E-state index is 15.0. The van der Waals surface area contributed by atoms with Crippen molar-refractivity contribution in [2.24, 2.45) is 0 Å². The van der Waals surface area contributed by atoms with Gasteiger partial charge < -0.3 is 20.3 Å². The van der Waals surface area contributed by atoms with Crippen LogP contribution in [-0.2, 0) is 32.6 Å². The van der Waals surface area contributed by atoms with Gasteiger partial charge in [0.15, 0.2) is 11.6 Å². The van der Waals surface area contributed by atoms with E-state index in [4.69, 9.17) is 4.74 Å². The minimum Gasteiger partial charge on any atom is -0.377 e. The number of amides is 3. The van der Waals surface area contributed by atoms with Crippen molar-refractivity contribution in [2.75, 3.05) is 31.6 Å². The Balaban J connectivity index is 1.27. The van der Waals surface area contributed by atoms with Gasteiger partial charge in [0.25, 0.3) is 5.91 Å². The molecule has 6 rings (SSSR count). The Morgan fingerprint density at radius 2 is 1.96 bits per heavy atom. The Kier molecular flexibility index (Phi) is 9.21.